The molecule has 6 nitrogen and oxygen atoms in total. The summed E-state index contributed by atoms with van der Waals surface area (Å²) in [7, 11) is 3.22. The molecule has 3 aromatic rings. The second-order valence-corrected chi connectivity index (χ2v) is 5.77. The number of hydrogen-bond donors (Lipinski definition) is 0. The van der Waals surface area contributed by atoms with Crippen molar-refractivity contribution in [2.75, 3.05) is 14.2 Å². The number of nitrogens with zero attached hydrogens (tertiary/aromatic N) is 3. The minimum Gasteiger partial charge on any atom is -0.493 e. The molecule has 0 N–H and O–H groups in total. The Bertz CT molecular complexity index is 946. The topological polar surface area (TPSA) is 65.7 Å². The number of hydrogen-bond acceptors (Lipinski definition) is 5. The van der Waals surface area contributed by atoms with Gasteiger partial charge in [-0.15, -0.1) is 0 Å². The van der Waals surface area contributed by atoms with Crippen LogP contribution in [0.15, 0.2) is 30.6 Å². The lowest BCUT2D eigenvalue weighted by atomic mass is 9.96. The van der Waals surface area contributed by atoms with E-state index in [1.54, 1.807) is 31.1 Å². The molecule has 0 atom stereocenters. The maximum Gasteiger partial charge on any atom is 0.166 e. The zero-order valence-electron chi connectivity index (χ0n) is 13.6. The third kappa shape index (κ3) is 2.22. The summed E-state index contributed by atoms with van der Waals surface area (Å²) in [5.74, 6) is 1.48. The zero-order valence-corrected chi connectivity index (χ0v) is 13.6. The number of carbonyl (C=O) groups excluding carboxylic acids is 1. The minimum absolute atomic E-state index is 0.147. The summed E-state index contributed by atoms with van der Waals surface area (Å²) in [4.78, 5) is 16.8. The lowest BCUT2D eigenvalue weighted by Gasteiger charge is -2.14. The van der Waals surface area contributed by atoms with Gasteiger partial charge in [0.05, 0.1) is 31.7 Å². The molecule has 0 radical (unpaired) electrons. The normalized spacial score (nSPS) is 13.8. The van der Waals surface area contributed by atoms with Gasteiger partial charge in [0, 0.05) is 18.2 Å². The lowest BCUT2D eigenvalue weighted by molar-refractivity contribution is 0.0971. The number of Topliss-reactive ketones (excluding diaryl/α,β-unsaturated/α-hetero) is 1. The molecule has 6 heteroatoms. The highest BCUT2D eigenvalue weighted by atomic mass is 16.5. The Labute approximate surface area is 139 Å². The smallest absolute Gasteiger partial charge is 0.166 e. The van der Waals surface area contributed by atoms with Gasteiger partial charge in [-0.05, 0) is 30.5 Å². The molecule has 1 aliphatic carbocycles. The van der Waals surface area contributed by atoms with Crippen LogP contribution in [0.2, 0.25) is 0 Å². The zero-order chi connectivity index (χ0) is 16.7. The van der Waals surface area contributed by atoms with Crippen LogP contribution in [0.5, 0.6) is 11.5 Å². The largest absolute Gasteiger partial charge is 0.493 e. The van der Waals surface area contributed by atoms with Gasteiger partial charge in [-0.3, -0.25) is 4.79 Å². The van der Waals surface area contributed by atoms with E-state index in [1.807, 2.05) is 18.2 Å². The van der Waals surface area contributed by atoms with E-state index in [4.69, 9.17) is 14.5 Å². The standard InChI is InChI=1S/C18H17N3O3/c1-23-16-7-6-11(8-17(16)24-2)12-9-19-21-10-13-14(20-18(12)21)4-3-5-15(13)22/h6-10H,3-5H2,1-2H3. The van der Waals surface area contributed by atoms with Gasteiger partial charge in [0.2, 0.25) is 0 Å². The Morgan fingerprint density at radius 2 is 1.92 bits per heavy atom. The predicted molar refractivity (Wildman–Crippen MR) is 88.8 cm³/mol. The summed E-state index contributed by atoms with van der Waals surface area (Å²) in [6.07, 6.45) is 5.83. The monoisotopic (exact) mass is 323 g/mol. The summed E-state index contributed by atoms with van der Waals surface area (Å²) >= 11 is 0. The van der Waals surface area contributed by atoms with Gasteiger partial charge < -0.3 is 9.47 Å². The third-order valence-corrected chi connectivity index (χ3v) is 4.38. The fourth-order valence-corrected chi connectivity index (χ4v) is 3.13. The first-order chi connectivity index (χ1) is 11.7. The van der Waals surface area contributed by atoms with E-state index in [2.05, 4.69) is 5.10 Å². The molecule has 4 rings (SSSR count). The molecule has 2 aromatic heterocycles. The van der Waals surface area contributed by atoms with Crippen molar-refractivity contribution in [1.29, 1.82) is 0 Å². The number of aryl methyl sites for hydroxylation is 1. The quantitative estimate of drug-likeness (QED) is 0.741. The van der Waals surface area contributed by atoms with E-state index in [1.165, 1.54) is 0 Å². The van der Waals surface area contributed by atoms with E-state index in [9.17, 15) is 4.79 Å². The number of carbonyl (C=O) groups is 1. The molecule has 0 saturated heterocycles. The molecule has 0 spiro atoms. The highest BCUT2D eigenvalue weighted by molar-refractivity contribution is 5.98. The van der Waals surface area contributed by atoms with E-state index in [0.29, 0.717) is 23.5 Å². The Hall–Kier alpha value is -2.89. The maximum absolute atomic E-state index is 12.0. The molecule has 24 heavy (non-hydrogen) atoms. The van der Waals surface area contributed by atoms with Crippen molar-refractivity contribution >= 4 is 11.4 Å². The van der Waals surface area contributed by atoms with Crippen LogP contribution in [-0.4, -0.2) is 34.6 Å². The van der Waals surface area contributed by atoms with Crippen LogP contribution >= 0.6 is 0 Å². The molecule has 0 aliphatic heterocycles. The van der Waals surface area contributed by atoms with Crippen molar-refractivity contribution in [3.8, 4) is 22.6 Å². The predicted octanol–water partition coefficient (Wildman–Crippen LogP) is 2.93. The molecule has 0 unspecified atom stereocenters. The van der Waals surface area contributed by atoms with Crippen LogP contribution in [0.3, 0.4) is 0 Å². The Morgan fingerprint density at radius 3 is 2.71 bits per heavy atom. The molecule has 0 saturated carbocycles. The van der Waals surface area contributed by atoms with Crippen molar-refractivity contribution in [1.82, 2.24) is 14.6 Å². The summed E-state index contributed by atoms with van der Waals surface area (Å²) in [6, 6.07) is 5.71. The molecule has 2 heterocycles. The minimum atomic E-state index is 0.147. The van der Waals surface area contributed by atoms with Gasteiger partial charge in [-0.1, -0.05) is 6.07 Å². The second kappa shape index (κ2) is 5.63. The average molecular weight is 323 g/mol. The second-order valence-electron chi connectivity index (χ2n) is 5.77. The number of fused-ring (bicyclic) bond motifs is 2. The van der Waals surface area contributed by atoms with Crippen LogP contribution in [0.25, 0.3) is 16.8 Å². The molecule has 122 valence electrons. The maximum atomic E-state index is 12.0. The Morgan fingerprint density at radius 1 is 1.08 bits per heavy atom. The first kappa shape index (κ1) is 14.7. The number of benzene rings is 1. The van der Waals surface area contributed by atoms with Crippen LogP contribution < -0.4 is 9.47 Å². The van der Waals surface area contributed by atoms with E-state index in [-0.39, 0.29) is 5.78 Å². The number of aromatic nitrogens is 3. The molecule has 1 aliphatic rings. The summed E-state index contributed by atoms with van der Waals surface area (Å²) in [6.45, 7) is 0. The first-order valence-electron chi connectivity index (χ1n) is 7.84. The number of ketones is 1. The molecule has 1 aromatic carbocycles. The molecule has 0 amide bonds. The third-order valence-electron chi connectivity index (χ3n) is 4.38. The molecular weight excluding hydrogens is 306 g/mol. The highest BCUT2D eigenvalue weighted by Gasteiger charge is 2.21. The Balaban J connectivity index is 1.87. The fraction of sp³-hybridized carbons (Fsp3) is 0.278. The first-order valence-corrected chi connectivity index (χ1v) is 7.84. The number of methoxy groups -OCH3 is 2. The Kier molecular flexibility index (Phi) is 3.45. The van der Waals surface area contributed by atoms with E-state index in [0.717, 1.165) is 35.3 Å². The van der Waals surface area contributed by atoms with Gasteiger partial charge in [-0.2, -0.15) is 5.10 Å². The number of rotatable bonds is 3. The number of ether oxygens (including phenoxy) is 2. The molecule has 0 fully saturated rings. The van der Waals surface area contributed by atoms with E-state index >= 15 is 0 Å². The van der Waals surface area contributed by atoms with Crippen molar-refractivity contribution in [3.05, 3.63) is 41.9 Å². The van der Waals surface area contributed by atoms with Gasteiger partial charge in [0.25, 0.3) is 0 Å². The van der Waals surface area contributed by atoms with Crippen LogP contribution in [0, 0.1) is 0 Å². The van der Waals surface area contributed by atoms with Crippen molar-refractivity contribution in [2.45, 2.75) is 19.3 Å². The van der Waals surface area contributed by atoms with Crippen molar-refractivity contribution < 1.29 is 14.3 Å². The summed E-state index contributed by atoms with van der Waals surface area (Å²) in [5, 5.41) is 4.37. The molecule has 0 bridgehead atoms. The van der Waals surface area contributed by atoms with Gasteiger partial charge in [0.1, 0.15) is 0 Å². The van der Waals surface area contributed by atoms with Crippen molar-refractivity contribution in [2.24, 2.45) is 0 Å². The van der Waals surface area contributed by atoms with Gasteiger partial charge in [0.15, 0.2) is 22.9 Å². The lowest BCUT2D eigenvalue weighted by Crippen LogP contribution is -2.14. The summed E-state index contributed by atoms with van der Waals surface area (Å²) in [5.41, 5.74) is 4.14. The fourth-order valence-electron chi connectivity index (χ4n) is 3.13. The average Bonchev–Trinajstić information content (AvgIpc) is 3.03. The van der Waals surface area contributed by atoms with E-state index < -0.39 is 0 Å². The van der Waals surface area contributed by atoms with Gasteiger partial charge >= 0.3 is 0 Å². The van der Waals surface area contributed by atoms with Crippen LogP contribution in [0.4, 0.5) is 0 Å². The summed E-state index contributed by atoms with van der Waals surface area (Å²) < 4.78 is 12.3. The molecular formula is C18H17N3O3. The highest BCUT2D eigenvalue weighted by Crippen LogP contribution is 2.34. The SMILES string of the molecule is COc1ccc(-c2cnn3cc4c(nc23)CCCC4=O)cc1OC. The van der Waals surface area contributed by atoms with Crippen LogP contribution in [0.1, 0.15) is 28.9 Å². The van der Waals surface area contributed by atoms with Crippen LogP contribution in [-0.2, 0) is 6.42 Å². The van der Waals surface area contributed by atoms with Crippen molar-refractivity contribution in [3.63, 3.8) is 0 Å². The van der Waals surface area contributed by atoms with Gasteiger partial charge in [-0.25, -0.2) is 9.50 Å².